The van der Waals surface area contributed by atoms with Gasteiger partial charge in [-0.25, -0.2) is 0 Å². The standard InChI is InChI=1S/C35H51NO4Si/c1-35(2,3)41(4,5)40-24-16-15-23-32(36-25-29-17-9-6-10-18-29)34(39-28-31-21-13-8-14-22-31)33(26-37)38-27-30-19-11-7-12-20-30/h6-14,17-22,32-34,36-37H,15-16,23-28H2,1-5H3/t32-,33+,34-/m0/s1. The second kappa shape index (κ2) is 17.0. The topological polar surface area (TPSA) is 60.0 Å². The number of nitrogens with one attached hydrogen (secondary N) is 1. The molecule has 0 amide bonds. The van der Waals surface area contributed by atoms with Crippen LogP contribution >= 0.6 is 0 Å². The van der Waals surface area contributed by atoms with Crippen molar-refractivity contribution >= 4 is 8.32 Å². The van der Waals surface area contributed by atoms with Gasteiger partial charge in [0.2, 0.25) is 0 Å². The number of hydrogen-bond acceptors (Lipinski definition) is 5. The zero-order valence-corrected chi connectivity index (χ0v) is 26.7. The summed E-state index contributed by atoms with van der Waals surface area (Å²) in [5, 5.41) is 14.5. The number of aliphatic hydroxyl groups excluding tert-OH is 1. The van der Waals surface area contributed by atoms with Crippen LogP contribution in [-0.2, 0) is 33.7 Å². The van der Waals surface area contributed by atoms with Gasteiger partial charge in [0.25, 0.3) is 0 Å². The number of rotatable bonds is 18. The van der Waals surface area contributed by atoms with E-state index < -0.39 is 14.4 Å². The van der Waals surface area contributed by atoms with Crippen molar-refractivity contribution in [3.8, 4) is 0 Å². The van der Waals surface area contributed by atoms with Crippen LogP contribution < -0.4 is 5.32 Å². The molecule has 0 radical (unpaired) electrons. The van der Waals surface area contributed by atoms with Crippen LogP contribution in [0, 0.1) is 0 Å². The maximum Gasteiger partial charge on any atom is 0.191 e. The summed E-state index contributed by atoms with van der Waals surface area (Å²) in [5.41, 5.74) is 3.39. The quantitative estimate of drug-likeness (QED) is 0.121. The number of benzene rings is 3. The summed E-state index contributed by atoms with van der Waals surface area (Å²) < 4.78 is 19.4. The Morgan fingerprint density at radius 1 is 0.732 bits per heavy atom. The first-order valence-corrected chi connectivity index (χ1v) is 17.9. The van der Waals surface area contributed by atoms with Crippen molar-refractivity contribution in [2.75, 3.05) is 13.2 Å². The first-order chi connectivity index (χ1) is 19.7. The van der Waals surface area contributed by atoms with Gasteiger partial charge in [-0.15, -0.1) is 0 Å². The van der Waals surface area contributed by atoms with Crippen LogP contribution in [0.1, 0.15) is 56.7 Å². The Morgan fingerprint density at radius 3 is 1.76 bits per heavy atom. The zero-order valence-electron chi connectivity index (χ0n) is 25.7. The molecule has 224 valence electrons. The molecule has 5 nitrogen and oxygen atoms in total. The Balaban J connectivity index is 1.74. The molecule has 0 aliphatic heterocycles. The van der Waals surface area contributed by atoms with Crippen molar-refractivity contribution < 1.29 is 19.0 Å². The normalized spacial score (nSPS) is 14.5. The Labute approximate surface area is 249 Å². The lowest BCUT2D eigenvalue weighted by atomic mass is 9.98. The van der Waals surface area contributed by atoms with Crippen LogP contribution in [0.25, 0.3) is 0 Å². The van der Waals surface area contributed by atoms with E-state index in [9.17, 15) is 5.11 Å². The second-order valence-corrected chi connectivity index (χ2v) is 17.2. The summed E-state index contributed by atoms with van der Waals surface area (Å²) in [7, 11) is -1.77. The second-order valence-electron chi connectivity index (χ2n) is 12.4. The highest BCUT2D eigenvalue weighted by Gasteiger charge is 2.37. The number of unbranched alkanes of at least 4 members (excludes halogenated alkanes) is 1. The van der Waals surface area contributed by atoms with Gasteiger partial charge in [0, 0.05) is 19.2 Å². The monoisotopic (exact) mass is 577 g/mol. The first-order valence-electron chi connectivity index (χ1n) is 15.0. The molecule has 3 aromatic carbocycles. The number of hydrogen-bond donors (Lipinski definition) is 2. The highest BCUT2D eigenvalue weighted by atomic mass is 28.4. The summed E-state index contributed by atoms with van der Waals surface area (Å²) in [6.45, 7) is 13.7. The van der Waals surface area contributed by atoms with Crippen molar-refractivity contribution in [3.63, 3.8) is 0 Å². The largest absolute Gasteiger partial charge is 0.417 e. The molecule has 0 saturated carbocycles. The SMILES string of the molecule is CC(C)(C)[Si](C)(C)OCCCC[C@H](NCc1ccccc1)[C@H](OCc1ccccc1)[C@@H](CO)OCc1ccccc1. The molecule has 0 fully saturated rings. The lowest BCUT2D eigenvalue weighted by Gasteiger charge is -2.36. The maximum absolute atomic E-state index is 10.5. The van der Waals surface area contributed by atoms with Gasteiger partial charge in [-0.05, 0) is 54.1 Å². The van der Waals surface area contributed by atoms with Gasteiger partial charge >= 0.3 is 0 Å². The van der Waals surface area contributed by atoms with Gasteiger partial charge in [-0.3, -0.25) is 0 Å². The molecule has 0 unspecified atom stereocenters. The van der Waals surface area contributed by atoms with E-state index in [4.69, 9.17) is 13.9 Å². The lowest BCUT2D eigenvalue weighted by Crippen LogP contribution is -2.50. The van der Waals surface area contributed by atoms with Crippen LogP contribution in [-0.4, -0.2) is 44.9 Å². The maximum atomic E-state index is 10.5. The molecule has 3 aromatic rings. The van der Waals surface area contributed by atoms with Gasteiger partial charge in [-0.2, -0.15) is 0 Å². The summed E-state index contributed by atoms with van der Waals surface area (Å²) >= 11 is 0. The van der Waals surface area contributed by atoms with E-state index in [1.54, 1.807) is 0 Å². The van der Waals surface area contributed by atoms with Crippen molar-refractivity contribution in [1.29, 1.82) is 0 Å². The molecule has 0 heterocycles. The van der Waals surface area contributed by atoms with Gasteiger partial charge in [0.15, 0.2) is 8.32 Å². The third kappa shape index (κ3) is 11.5. The van der Waals surface area contributed by atoms with E-state index in [1.165, 1.54) is 5.56 Å². The molecule has 0 spiro atoms. The lowest BCUT2D eigenvalue weighted by molar-refractivity contribution is -0.117. The summed E-state index contributed by atoms with van der Waals surface area (Å²) in [4.78, 5) is 0. The van der Waals surface area contributed by atoms with Gasteiger partial charge < -0.3 is 24.3 Å². The fourth-order valence-corrected chi connectivity index (χ4v) is 5.60. The minimum atomic E-state index is -1.77. The van der Waals surface area contributed by atoms with Crippen molar-refractivity contribution in [2.45, 2.75) is 96.2 Å². The van der Waals surface area contributed by atoms with Crippen LogP contribution in [0.5, 0.6) is 0 Å². The van der Waals surface area contributed by atoms with E-state index in [0.717, 1.165) is 37.0 Å². The highest BCUT2D eigenvalue weighted by Crippen LogP contribution is 2.36. The van der Waals surface area contributed by atoms with Crippen molar-refractivity contribution in [3.05, 3.63) is 108 Å². The van der Waals surface area contributed by atoms with E-state index in [2.05, 4.69) is 75.6 Å². The van der Waals surface area contributed by atoms with E-state index >= 15 is 0 Å². The Kier molecular flexibility index (Phi) is 13.7. The molecule has 0 aliphatic carbocycles. The molecule has 0 aromatic heterocycles. The summed E-state index contributed by atoms with van der Waals surface area (Å²) in [5.74, 6) is 0. The minimum Gasteiger partial charge on any atom is -0.417 e. The molecule has 0 aliphatic rings. The number of aliphatic hydroxyl groups is 1. The van der Waals surface area contributed by atoms with Crippen LogP contribution in [0.3, 0.4) is 0 Å². The van der Waals surface area contributed by atoms with Crippen molar-refractivity contribution in [1.82, 2.24) is 5.32 Å². The molecule has 0 saturated heterocycles. The van der Waals surface area contributed by atoms with Gasteiger partial charge in [0.05, 0.1) is 19.8 Å². The Bertz CT molecular complexity index is 1090. The molecular weight excluding hydrogens is 526 g/mol. The smallest absolute Gasteiger partial charge is 0.191 e. The predicted molar refractivity (Wildman–Crippen MR) is 171 cm³/mol. The minimum absolute atomic E-state index is 0.0142. The van der Waals surface area contributed by atoms with E-state index in [-0.39, 0.29) is 23.8 Å². The third-order valence-corrected chi connectivity index (χ3v) is 12.7. The van der Waals surface area contributed by atoms with Crippen LogP contribution in [0.4, 0.5) is 0 Å². The Hall–Kier alpha value is -2.32. The Morgan fingerprint density at radius 2 is 1.24 bits per heavy atom. The molecule has 0 bridgehead atoms. The molecular formula is C35H51NO4Si. The molecule has 3 rings (SSSR count). The van der Waals surface area contributed by atoms with E-state index in [1.807, 2.05) is 54.6 Å². The first kappa shape index (κ1) is 33.2. The van der Waals surface area contributed by atoms with Gasteiger partial charge in [0.1, 0.15) is 12.2 Å². The predicted octanol–water partition coefficient (Wildman–Crippen LogP) is 7.50. The zero-order chi connectivity index (χ0) is 29.6. The summed E-state index contributed by atoms with van der Waals surface area (Å²) in [6, 6.07) is 30.7. The van der Waals surface area contributed by atoms with Crippen LogP contribution in [0.2, 0.25) is 18.1 Å². The average molecular weight is 578 g/mol. The molecule has 6 heteroatoms. The fourth-order valence-electron chi connectivity index (χ4n) is 4.52. The molecule has 3 atom stereocenters. The van der Waals surface area contributed by atoms with Crippen molar-refractivity contribution in [2.24, 2.45) is 0 Å². The average Bonchev–Trinajstić information content (AvgIpc) is 2.97. The molecule has 41 heavy (non-hydrogen) atoms. The fraction of sp³-hybridized carbons (Fsp3) is 0.486. The number of ether oxygens (including phenoxy) is 2. The summed E-state index contributed by atoms with van der Waals surface area (Å²) in [6.07, 6.45) is 2.04. The highest BCUT2D eigenvalue weighted by molar-refractivity contribution is 6.74. The van der Waals surface area contributed by atoms with Gasteiger partial charge in [-0.1, -0.05) is 112 Å². The van der Waals surface area contributed by atoms with E-state index in [0.29, 0.717) is 19.8 Å². The molecule has 2 N–H and O–H groups in total. The third-order valence-electron chi connectivity index (χ3n) is 8.12. The van der Waals surface area contributed by atoms with Crippen LogP contribution in [0.15, 0.2) is 91.0 Å².